The van der Waals surface area contributed by atoms with E-state index in [0.717, 1.165) is 24.8 Å². The van der Waals surface area contributed by atoms with Crippen LogP contribution in [0.15, 0.2) is 37.2 Å². The van der Waals surface area contributed by atoms with Crippen molar-refractivity contribution >= 4 is 11.8 Å². The second-order valence-electron chi connectivity index (χ2n) is 6.05. The van der Waals surface area contributed by atoms with E-state index < -0.39 is 5.54 Å². The Hall–Kier alpha value is -2.17. The molecule has 1 saturated carbocycles. The number of rotatable bonds is 7. The number of nitrogens with zero attached hydrogens (tertiary/aromatic N) is 1. The van der Waals surface area contributed by atoms with Gasteiger partial charge in [-0.05, 0) is 37.0 Å². The lowest BCUT2D eigenvalue weighted by Crippen LogP contribution is -2.59. The normalized spacial score (nSPS) is 16.3. The summed E-state index contributed by atoms with van der Waals surface area (Å²) in [4.78, 5) is 28.8. The number of pyridine rings is 1. The minimum Gasteiger partial charge on any atom is -0.351 e. The third kappa shape index (κ3) is 4.91. The summed E-state index contributed by atoms with van der Waals surface area (Å²) in [6.07, 6.45) is 10.6. The molecule has 1 aliphatic carbocycles. The Morgan fingerprint density at radius 3 is 2.57 bits per heavy atom. The maximum Gasteiger partial charge on any atom is 0.246 e. The van der Waals surface area contributed by atoms with Gasteiger partial charge in [0.15, 0.2) is 0 Å². The Morgan fingerprint density at radius 2 is 1.91 bits per heavy atom. The van der Waals surface area contributed by atoms with Crippen LogP contribution in [0.3, 0.4) is 0 Å². The molecule has 0 bridgehead atoms. The zero-order valence-electron chi connectivity index (χ0n) is 13.5. The molecule has 0 aromatic carbocycles. The Balaban J connectivity index is 1.95. The van der Waals surface area contributed by atoms with Gasteiger partial charge < -0.3 is 10.6 Å². The molecule has 0 radical (unpaired) electrons. The smallest absolute Gasteiger partial charge is 0.246 e. The molecule has 2 N–H and O–H groups in total. The van der Waals surface area contributed by atoms with Gasteiger partial charge in [-0.3, -0.25) is 14.6 Å². The van der Waals surface area contributed by atoms with Gasteiger partial charge >= 0.3 is 0 Å². The molecule has 0 aliphatic heterocycles. The van der Waals surface area contributed by atoms with E-state index in [4.69, 9.17) is 0 Å². The van der Waals surface area contributed by atoms with E-state index in [1.165, 1.54) is 0 Å². The molecule has 23 heavy (non-hydrogen) atoms. The predicted molar refractivity (Wildman–Crippen MR) is 89.7 cm³/mol. The van der Waals surface area contributed by atoms with Gasteiger partial charge in [-0.15, -0.1) is 6.58 Å². The van der Waals surface area contributed by atoms with Gasteiger partial charge in [-0.2, -0.15) is 0 Å². The van der Waals surface area contributed by atoms with Gasteiger partial charge in [-0.25, -0.2) is 0 Å². The highest BCUT2D eigenvalue weighted by molar-refractivity contribution is 5.91. The third-order valence-corrected chi connectivity index (χ3v) is 4.32. The summed E-state index contributed by atoms with van der Waals surface area (Å²) in [5.74, 6) is -0.160. The lowest BCUT2D eigenvalue weighted by molar-refractivity contribution is -0.135. The topological polar surface area (TPSA) is 71.1 Å². The van der Waals surface area contributed by atoms with Crippen LogP contribution in [-0.4, -0.2) is 28.9 Å². The highest BCUT2D eigenvalue weighted by atomic mass is 16.2. The van der Waals surface area contributed by atoms with Crippen LogP contribution in [-0.2, 0) is 16.0 Å². The zero-order chi connectivity index (χ0) is 16.5. The predicted octanol–water partition coefficient (Wildman–Crippen LogP) is 2.14. The highest BCUT2D eigenvalue weighted by Crippen LogP contribution is 2.28. The van der Waals surface area contributed by atoms with Crippen LogP contribution in [0.25, 0.3) is 0 Å². The van der Waals surface area contributed by atoms with E-state index >= 15 is 0 Å². The minimum atomic E-state index is -0.753. The Kier molecular flexibility index (Phi) is 6.32. The molecule has 1 fully saturated rings. The quantitative estimate of drug-likeness (QED) is 0.757. The van der Waals surface area contributed by atoms with E-state index in [-0.39, 0.29) is 11.8 Å². The number of nitrogens with one attached hydrogen (secondary N) is 2. The second-order valence-corrected chi connectivity index (χ2v) is 6.05. The van der Waals surface area contributed by atoms with E-state index in [9.17, 15) is 9.59 Å². The number of carbonyl (C=O) groups is 2. The minimum absolute atomic E-state index is 0.0718. The molecular weight excluding hydrogens is 290 g/mol. The van der Waals surface area contributed by atoms with Crippen molar-refractivity contribution in [2.24, 2.45) is 0 Å². The first-order chi connectivity index (χ1) is 11.2. The summed E-state index contributed by atoms with van der Waals surface area (Å²) in [5.41, 5.74) is 0.320. The Labute approximate surface area is 137 Å². The van der Waals surface area contributed by atoms with E-state index in [1.54, 1.807) is 18.5 Å². The van der Waals surface area contributed by atoms with E-state index in [0.29, 0.717) is 32.2 Å². The maximum absolute atomic E-state index is 12.5. The molecule has 0 unspecified atom stereocenters. The average molecular weight is 315 g/mol. The fourth-order valence-corrected chi connectivity index (χ4v) is 3.03. The van der Waals surface area contributed by atoms with Crippen molar-refractivity contribution < 1.29 is 9.59 Å². The number of amides is 2. The van der Waals surface area contributed by atoms with Crippen molar-refractivity contribution in [2.45, 2.75) is 50.5 Å². The lowest BCUT2D eigenvalue weighted by Gasteiger charge is -2.36. The van der Waals surface area contributed by atoms with Crippen molar-refractivity contribution in [3.05, 3.63) is 42.7 Å². The SMILES string of the molecule is C=CCNC(=O)C1(NC(=O)CCc2ccncc2)CCCCC1. The highest BCUT2D eigenvalue weighted by Gasteiger charge is 2.40. The number of carbonyl (C=O) groups excluding carboxylic acids is 2. The fourth-order valence-electron chi connectivity index (χ4n) is 3.03. The fraction of sp³-hybridized carbons (Fsp3) is 0.500. The molecule has 5 nitrogen and oxygen atoms in total. The van der Waals surface area contributed by atoms with Gasteiger partial charge in [0.1, 0.15) is 5.54 Å². The third-order valence-electron chi connectivity index (χ3n) is 4.32. The molecule has 2 rings (SSSR count). The van der Waals surface area contributed by atoms with Crippen LogP contribution < -0.4 is 10.6 Å². The molecule has 0 saturated heterocycles. The molecule has 1 aromatic rings. The molecule has 1 aliphatic rings. The van der Waals surface area contributed by atoms with Gasteiger partial charge in [0.2, 0.25) is 11.8 Å². The second kappa shape index (κ2) is 8.46. The summed E-state index contributed by atoms with van der Waals surface area (Å²) in [5, 5.41) is 5.85. The van der Waals surface area contributed by atoms with Gasteiger partial charge in [0, 0.05) is 25.4 Å². The molecule has 0 atom stereocenters. The van der Waals surface area contributed by atoms with Gasteiger partial charge in [-0.1, -0.05) is 25.3 Å². The number of aryl methyl sites for hydroxylation is 1. The van der Waals surface area contributed by atoms with Crippen LogP contribution in [0.1, 0.15) is 44.1 Å². The summed E-state index contributed by atoms with van der Waals surface area (Å²) in [7, 11) is 0. The van der Waals surface area contributed by atoms with Crippen LogP contribution in [0.2, 0.25) is 0 Å². The molecule has 1 aromatic heterocycles. The van der Waals surface area contributed by atoms with Gasteiger partial charge in [0.05, 0.1) is 0 Å². The molecule has 1 heterocycles. The van der Waals surface area contributed by atoms with Crippen molar-refractivity contribution in [1.82, 2.24) is 15.6 Å². The molecular formula is C18H25N3O2. The van der Waals surface area contributed by atoms with Crippen molar-refractivity contribution in [2.75, 3.05) is 6.54 Å². The molecule has 2 amide bonds. The first-order valence-corrected chi connectivity index (χ1v) is 8.25. The molecule has 5 heteroatoms. The summed E-state index contributed by atoms with van der Waals surface area (Å²) < 4.78 is 0. The first kappa shape index (κ1) is 17.2. The summed E-state index contributed by atoms with van der Waals surface area (Å²) in [6.45, 7) is 4.04. The number of hydrogen-bond donors (Lipinski definition) is 2. The largest absolute Gasteiger partial charge is 0.351 e. The standard InChI is InChI=1S/C18H25N3O2/c1-2-12-20-17(23)18(10-4-3-5-11-18)21-16(22)7-6-15-8-13-19-14-9-15/h2,8-9,13-14H,1,3-7,10-12H2,(H,20,23)(H,21,22). The monoisotopic (exact) mass is 315 g/mol. The van der Waals surface area contributed by atoms with Gasteiger partial charge in [0.25, 0.3) is 0 Å². The van der Waals surface area contributed by atoms with Crippen molar-refractivity contribution in [3.8, 4) is 0 Å². The number of aromatic nitrogens is 1. The zero-order valence-corrected chi connectivity index (χ0v) is 13.5. The van der Waals surface area contributed by atoms with Crippen molar-refractivity contribution in [3.63, 3.8) is 0 Å². The van der Waals surface area contributed by atoms with Crippen LogP contribution >= 0.6 is 0 Å². The maximum atomic E-state index is 12.5. The van der Waals surface area contributed by atoms with Crippen molar-refractivity contribution in [1.29, 1.82) is 0 Å². The van der Waals surface area contributed by atoms with Crippen LogP contribution in [0, 0.1) is 0 Å². The Bertz CT molecular complexity index is 536. The first-order valence-electron chi connectivity index (χ1n) is 8.25. The summed E-state index contributed by atoms with van der Waals surface area (Å²) >= 11 is 0. The molecule has 124 valence electrons. The van der Waals surface area contributed by atoms with E-state index in [1.807, 2.05) is 12.1 Å². The average Bonchev–Trinajstić information content (AvgIpc) is 2.59. The summed E-state index contributed by atoms with van der Waals surface area (Å²) in [6, 6.07) is 3.81. The number of hydrogen-bond acceptors (Lipinski definition) is 3. The van der Waals surface area contributed by atoms with Crippen LogP contribution in [0.5, 0.6) is 0 Å². The van der Waals surface area contributed by atoms with Crippen LogP contribution in [0.4, 0.5) is 0 Å². The van der Waals surface area contributed by atoms with E-state index in [2.05, 4.69) is 22.2 Å². The lowest BCUT2D eigenvalue weighted by atomic mass is 9.80. The molecule has 0 spiro atoms. The Morgan fingerprint density at radius 1 is 1.22 bits per heavy atom.